The van der Waals surface area contributed by atoms with Crippen molar-refractivity contribution in [1.29, 1.82) is 0 Å². The first-order valence-electron chi connectivity index (χ1n) is 12.9. The van der Waals surface area contributed by atoms with E-state index in [-0.39, 0.29) is 29.3 Å². The summed E-state index contributed by atoms with van der Waals surface area (Å²) in [4.78, 5) is 49.5. The zero-order valence-electron chi connectivity index (χ0n) is 20.9. The molecule has 0 aromatic heterocycles. The van der Waals surface area contributed by atoms with Gasteiger partial charge >= 0.3 is 23.9 Å². The Morgan fingerprint density at radius 2 is 1.66 bits per heavy atom. The highest BCUT2D eigenvalue weighted by Crippen LogP contribution is 2.64. The van der Waals surface area contributed by atoms with Gasteiger partial charge in [0, 0.05) is 16.9 Å². The van der Waals surface area contributed by atoms with Crippen LogP contribution in [0.5, 0.6) is 0 Å². The van der Waals surface area contributed by atoms with Gasteiger partial charge < -0.3 is 18.9 Å². The van der Waals surface area contributed by atoms with Crippen LogP contribution in [-0.4, -0.2) is 48.3 Å². The van der Waals surface area contributed by atoms with Gasteiger partial charge in [0.05, 0.1) is 12.3 Å². The van der Waals surface area contributed by atoms with E-state index in [1.165, 1.54) is 26.2 Å². The minimum absolute atomic E-state index is 0.000789. The predicted molar refractivity (Wildman–Crippen MR) is 123 cm³/mol. The summed E-state index contributed by atoms with van der Waals surface area (Å²) >= 11 is 0. The molecular weight excluding hydrogens is 452 g/mol. The summed E-state index contributed by atoms with van der Waals surface area (Å²) in [5.41, 5.74) is -0.446. The van der Waals surface area contributed by atoms with Gasteiger partial charge in [-0.1, -0.05) is 6.58 Å². The van der Waals surface area contributed by atoms with Gasteiger partial charge in [0.25, 0.3) is 0 Å². The molecule has 8 nitrogen and oxygen atoms in total. The number of carbonyl (C=O) groups is 4. The molecule has 6 rings (SSSR count). The summed E-state index contributed by atoms with van der Waals surface area (Å²) < 4.78 is 22.2. The van der Waals surface area contributed by atoms with Crippen molar-refractivity contribution in [2.75, 3.05) is 6.61 Å². The molecule has 6 aliphatic rings. The predicted octanol–water partition coefficient (Wildman–Crippen LogP) is 3.51. The molecule has 35 heavy (non-hydrogen) atoms. The fourth-order valence-corrected chi connectivity index (χ4v) is 7.96. The first kappa shape index (κ1) is 24.3. The van der Waals surface area contributed by atoms with Crippen molar-refractivity contribution < 1.29 is 38.1 Å². The molecule has 0 amide bonds. The number of ether oxygens (including phenoxy) is 4. The second kappa shape index (κ2) is 8.63. The van der Waals surface area contributed by atoms with Gasteiger partial charge in [-0.25, -0.2) is 9.59 Å². The highest BCUT2D eigenvalue weighted by atomic mass is 16.6. The highest BCUT2D eigenvalue weighted by Gasteiger charge is 2.61. The van der Waals surface area contributed by atoms with E-state index in [4.69, 9.17) is 18.9 Å². The zero-order valence-corrected chi connectivity index (χ0v) is 20.9. The van der Waals surface area contributed by atoms with Crippen LogP contribution < -0.4 is 0 Å². The van der Waals surface area contributed by atoms with Crippen LogP contribution in [0.4, 0.5) is 0 Å². The zero-order chi connectivity index (χ0) is 25.1. The van der Waals surface area contributed by atoms with E-state index in [2.05, 4.69) is 6.58 Å². The van der Waals surface area contributed by atoms with E-state index in [1.807, 2.05) is 13.8 Å². The van der Waals surface area contributed by atoms with Gasteiger partial charge in [-0.05, 0) is 83.5 Å². The molecule has 4 unspecified atom stereocenters. The van der Waals surface area contributed by atoms with E-state index in [9.17, 15) is 19.2 Å². The lowest BCUT2D eigenvalue weighted by molar-refractivity contribution is -0.207. The molecular formula is C27H36O8. The van der Waals surface area contributed by atoms with Crippen LogP contribution in [0.25, 0.3) is 0 Å². The average molecular weight is 489 g/mol. The van der Waals surface area contributed by atoms with Gasteiger partial charge in [-0.15, -0.1) is 0 Å². The van der Waals surface area contributed by atoms with Gasteiger partial charge in [0.15, 0.2) is 12.7 Å². The molecule has 0 radical (unpaired) electrons. The Kier molecular flexibility index (Phi) is 5.99. The molecule has 1 saturated heterocycles. The van der Waals surface area contributed by atoms with E-state index in [0.717, 1.165) is 37.0 Å². The Bertz CT molecular complexity index is 914. The summed E-state index contributed by atoms with van der Waals surface area (Å²) in [6.07, 6.45) is 6.01. The molecule has 4 atom stereocenters. The van der Waals surface area contributed by atoms with Crippen LogP contribution in [0.1, 0.15) is 72.1 Å². The smallest absolute Gasteiger partial charge is 0.344 e. The van der Waals surface area contributed by atoms with Gasteiger partial charge in [0.1, 0.15) is 11.7 Å². The SMILES string of the molecule is C=C(C)C(=O)OCC(=O)OC1C2CC(=O)OC1C(C(=O)OC(C)(C)C13CC4CC(CC(C4)C1)C3)C2. The third kappa shape index (κ3) is 4.38. The number of hydrogen-bond donors (Lipinski definition) is 0. The van der Waals surface area contributed by atoms with Crippen LogP contribution in [0.2, 0.25) is 0 Å². The normalized spacial score (nSPS) is 39.1. The molecule has 0 aromatic rings. The Morgan fingerprint density at radius 1 is 1.06 bits per heavy atom. The van der Waals surface area contributed by atoms with Crippen molar-refractivity contribution in [3.05, 3.63) is 12.2 Å². The lowest BCUT2D eigenvalue weighted by Gasteiger charge is -2.61. The Morgan fingerprint density at radius 3 is 2.23 bits per heavy atom. The number of rotatable bonds is 7. The second-order valence-electron chi connectivity index (χ2n) is 12.2. The summed E-state index contributed by atoms with van der Waals surface area (Å²) in [6, 6.07) is 0. The van der Waals surface area contributed by atoms with E-state index >= 15 is 0 Å². The molecule has 192 valence electrons. The fourth-order valence-electron chi connectivity index (χ4n) is 7.96. The monoisotopic (exact) mass is 488 g/mol. The minimum atomic E-state index is -0.887. The van der Waals surface area contributed by atoms with Crippen molar-refractivity contribution in [3.63, 3.8) is 0 Å². The first-order valence-corrected chi connectivity index (χ1v) is 12.9. The topological polar surface area (TPSA) is 105 Å². The second-order valence-corrected chi connectivity index (χ2v) is 12.2. The number of fused-ring (bicyclic) bond motifs is 2. The molecule has 0 aromatic carbocycles. The maximum Gasteiger partial charge on any atom is 0.344 e. The van der Waals surface area contributed by atoms with Crippen LogP contribution in [0.3, 0.4) is 0 Å². The molecule has 6 fully saturated rings. The lowest BCUT2D eigenvalue weighted by Crippen LogP contribution is -2.58. The molecule has 1 heterocycles. The van der Waals surface area contributed by atoms with Crippen LogP contribution in [-0.2, 0) is 38.1 Å². The Balaban J connectivity index is 1.25. The van der Waals surface area contributed by atoms with E-state index < -0.39 is 48.2 Å². The van der Waals surface area contributed by atoms with Crippen molar-refractivity contribution >= 4 is 23.9 Å². The molecule has 0 spiro atoms. The van der Waals surface area contributed by atoms with Crippen molar-refractivity contribution in [1.82, 2.24) is 0 Å². The average Bonchev–Trinajstić information content (AvgIpc) is 2.96. The van der Waals surface area contributed by atoms with Crippen molar-refractivity contribution in [2.24, 2.45) is 35.0 Å². The molecule has 1 aliphatic heterocycles. The lowest BCUT2D eigenvalue weighted by atomic mass is 9.46. The Hall–Kier alpha value is -2.38. The maximum absolute atomic E-state index is 13.5. The van der Waals surface area contributed by atoms with Crippen molar-refractivity contribution in [3.8, 4) is 0 Å². The van der Waals surface area contributed by atoms with Gasteiger partial charge in [-0.3, -0.25) is 9.59 Å². The number of carbonyl (C=O) groups excluding carboxylic acids is 4. The van der Waals surface area contributed by atoms with Gasteiger partial charge in [-0.2, -0.15) is 0 Å². The molecule has 0 N–H and O–H groups in total. The molecule has 5 saturated carbocycles. The van der Waals surface area contributed by atoms with Gasteiger partial charge in [0.2, 0.25) is 0 Å². The van der Waals surface area contributed by atoms with Crippen molar-refractivity contribution in [2.45, 2.75) is 89.9 Å². The minimum Gasteiger partial charge on any atom is -0.459 e. The Labute approximate surface area is 206 Å². The third-order valence-corrected chi connectivity index (χ3v) is 9.35. The third-order valence-electron chi connectivity index (χ3n) is 9.35. The largest absolute Gasteiger partial charge is 0.459 e. The summed E-state index contributed by atoms with van der Waals surface area (Å²) in [5.74, 6) is -1.05. The van der Waals surface area contributed by atoms with Crippen LogP contribution in [0.15, 0.2) is 12.2 Å². The molecule has 6 bridgehead atoms. The molecule has 8 heteroatoms. The number of esters is 4. The van der Waals surface area contributed by atoms with Crippen LogP contribution >= 0.6 is 0 Å². The van der Waals surface area contributed by atoms with E-state index in [0.29, 0.717) is 6.42 Å². The number of hydrogen-bond acceptors (Lipinski definition) is 8. The standard InChI is InChI=1S/C27H36O8/c1-14(2)24(30)32-13-21(29)34-22-18-8-19(23(22)33-20(28)9-18)25(31)35-26(3,4)27-10-15-5-16(11-27)7-17(6-15)12-27/h15-19,22-23H,1,5-13H2,2-4H3. The quantitative estimate of drug-likeness (QED) is 0.305. The maximum atomic E-state index is 13.5. The van der Waals surface area contributed by atoms with Crippen LogP contribution in [0, 0.1) is 35.0 Å². The summed E-state index contributed by atoms with van der Waals surface area (Å²) in [5, 5.41) is 0. The van der Waals surface area contributed by atoms with E-state index in [1.54, 1.807) is 0 Å². The molecule has 5 aliphatic carbocycles. The summed E-state index contributed by atoms with van der Waals surface area (Å²) in [6.45, 7) is 8.47. The summed E-state index contributed by atoms with van der Waals surface area (Å²) in [7, 11) is 0. The fraction of sp³-hybridized carbons (Fsp3) is 0.778. The first-order chi connectivity index (χ1) is 16.5. The highest BCUT2D eigenvalue weighted by molar-refractivity contribution is 5.88.